The first-order valence-electron chi connectivity index (χ1n) is 5.84. The van der Waals surface area contributed by atoms with Crippen LogP contribution in [0.1, 0.15) is 19.0 Å². The van der Waals surface area contributed by atoms with Crippen LogP contribution in [-0.4, -0.2) is 23.2 Å². The van der Waals surface area contributed by atoms with Crippen molar-refractivity contribution < 1.29 is 31.1 Å². The molecule has 0 aromatic carbocycles. The number of nitrogens with zero attached hydrogens (tertiary/aromatic N) is 1. The summed E-state index contributed by atoms with van der Waals surface area (Å²) in [7, 11) is 0. The minimum Gasteiger partial charge on any atom is -0.310 e. The molecule has 0 radical (unpaired) electrons. The van der Waals surface area contributed by atoms with Crippen LogP contribution in [0.5, 0.6) is 0 Å². The van der Waals surface area contributed by atoms with Gasteiger partial charge < -0.3 is 5.32 Å². The molecule has 0 unspecified atom stereocenters. The molecule has 1 rings (SSSR count). The average Bonchev–Trinajstić information content (AvgIpc) is 2.25. The van der Waals surface area contributed by atoms with Gasteiger partial charge in [-0.3, -0.25) is 4.79 Å². The van der Waals surface area contributed by atoms with Crippen molar-refractivity contribution in [3.63, 3.8) is 0 Å². The number of hydrogen-bond acceptors (Lipinski definition) is 2. The standard InChI is InChI=1S/C12H12F6N2O/c1-3-10(11(13,14)15,12(16,17)18)9(21)20-8-6-4-5-7(2)19-8/h4-6H,3H2,1-2H3,(H,19,20,21). The van der Waals surface area contributed by atoms with Gasteiger partial charge in [-0.2, -0.15) is 26.3 Å². The number of amides is 1. The van der Waals surface area contributed by atoms with E-state index in [9.17, 15) is 31.1 Å². The van der Waals surface area contributed by atoms with E-state index in [0.29, 0.717) is 12.6 Å². The number of carbonyl (C=O) groups is 1. The molecule has 1 N–H and O–H groups in total. The molecule has 0 fully saturated rings. The lowest BCUT2D eigenvalue weighted by atomic mass is 9.82. The second-order valence-corrected chi connectivity index (χ2v) is 4.37. The number of hydrogen-bond donors (Lipinski definition) is 1. The minimum absolute atomic E-state index is 0.342. The summed E-state index contributed by atoms with van der Waals surface area (Å²) in [6.07, 6.45) is -13.0. The van der Waals surface area contributed by atoms with Crippen molar-refractivity contribution in [2.45, 2.75) is 32.6 Å². The van der Waals surface area contributed by atoms with Crippen molar-refractivity contribution in [2.24, 2.45) is 5.41 Å². The number of halogens is 6. The highest BCUT2D eigenvalue weighted by molar-refractivity contribution is 5.95. The summed E-state index contributed by atoms with van der Waals surface area (Å²) in [4.78, 5) is 15.3. The zero-order chi connectivity index (χ0) is 16.5. The molecule has 118 valence electrons. The molecule has 1 aromatic rings. The fourth-order valence-electron chi connectivity index (χ4n) is 1.82. The number of rotatable bonds is 3. The van der Waals surface area contributed by atoms with Crippen LogP contribution in [0.25, 0.3) is 0 Å². The quantitative estimate of drug-likeness (QED) is 0.861. The highest BCUT2D eigenvalue weighted by atomic mass is 19.4. The van der Waals surface area contributed by atoms with Gasteiger partial charge in [0.25, 0.3) is 0 Å². The molecule has 0 saturated carbocycles. The Morgan fingerprint density at radius 1 is 1.14 bits per heavy atom. The highest BCUT2D eigenvalue weighted by Crippen LogP contribution is 2.53. The number of alkyl halides is 6. The molecule has 0 aliphatic rings. The van der Waals surface area contributed by atoms with Crippen LogP contribution in [0.15, 0.2) is 18.2 Å². The Bertz CT molecular complexity index is 509. The molecule has 0 aliphatic heterocycles. The monoisotopic (exact) mass is 314 g/mol. The number of pyridine rings is 1. The Labute approximate surface area is 116 Å². The lowest BCUT2D eigenvalue weighted by molar-refractivity contribution is -0.324. The fourth-order valence-corrected chi connectivity index (χ4v) is 1.82. The Balaban J connectivity index is 3.25. The van der Waals surface area contributed by atoms with Crippen LogP contribution in [0.3, 0.4) is 0 Å². The van der Waals surface area contributed by atoms with E-state index >= 15 is 0 Å². The zero-order valence-electron chi connectivity index (χ0n) is 11.1. The van der Waals surface area contributed by atoms with Gasteiger partial charge in [0.15, 0.2) is 0 Å². The fraction of sp³-hybridized carbons (Fsp3) is 0.500. The predicted molar refractivity (Wildman–Crippen MR) is 62.4 cm³/mol. The number of nitrogens with one attached hydrogen (secondary N) is 1. The van der Waals surface area contributed by atoms with Crippen LogP contribution >= 0.6 is 0 Å². The zero-order valence-corrected chi connectivity index (χ0v) is 11.1. The Morgan fingerprint density at radius 2 is 1.67 bits per heavy atom. The van der Waals surface area contributed by atoms with Crippen molar-refractivity contribution in [3.8, 4) is 0 Å². The molecular weight excluding hydrogens is 302 g/mol. The van der Waals surface area contributed by atoms with E-state index in [1.807, 2.05) is 0 Å². The average molecular weight is 314 g/mol. The smallest absolute Gasteiger partial charge is 0.310 e. The SMILES string of the molecule is CCC(C(=O)Nc1cccc(C)n1)(C(F)(F)F)C(F)(F)F. The Morgan fingerprint density at radius 3 is 2.05 bits per heavy atom. The van der Waals surface area contributed by atoms with Gasteiger partial charge >= 0.3 is 12.4 Å². The van der Waals surface area contributed by atoms with E-state index in [1.165, 1.54) is 19.1 Å². The first kappa shape index (κ1) is 17.3. The molecule has 0 bridgehead atoms. The third kappa shape index (κ3) is 3.11. The van der Waals surface area contributed by atoms with Gasteiger partial charge in [-0.25, -0.2) is 4.98 Å². The molecule has 0 aliphatic carbocycles. The summed E-state index contributed by atoms with van der Waals surface area (Å²) in [5.74, 6) is -2.56. The van der Waals surface area contributed by atoms with Crippen molar-refractivity contribution in [2.75, 3.05) is 5.32 Å². The molecule has 1 heterocycles. The number of carbonyl (C=O) groups excluding carboxylic acids is 1. The maximum absolute atomic E-state index is 12.9. The number of aryl methyl sites for hydroxylation is 1. The predicted octanol–water partition coefficient (Wildman–Crippen LogP) is 3.85. The maximum atomic E-state index is 12.9. The van der Waals surface area contributed by atoms with Gasteiger partial charge in [0.1, 0.15) is 5.82 Å². The van der Waals surface area contributed by atoms with Crippen LogP contribution in [0.4, 0.5) is 32.2 Å². The van der Waals surface area contributed by atoms with Gasteiger partial charge in [-0.05, 0) is 25.5 Å². The summed E-state index contributed by atoms with van der Waals surface area (Å²) in [6, 6.07) is 3.95. The Hall–Kier alpha value is -1.80. The largest absolute Gasteiger partial charge is 0.412 e. The number of anilines is 1. The van der Waals surface area contributed by atoms with Gasteiger partial charge in [0, 0.05) is 5.69 Å². The molecule has 9 heteroatoms. The molecule has 0 spiro atoms. The summed E-state index contributed by atoms with van der Waals surface area (Å²) in [6.45, 7) is 2.14. The second kappa shape index (κ2) is 5.53. The highest BCUT2D eigenvalue weighted by Gasteiger charge is 2.74. The summed E-state index contributed by atoms with van der Waals surface area (Å²) in [5.41, 5.74) is -4.13. The van der Waals surface area contributed by atoms with Gasteiger partial charge in [0.05, 0.1) is 0 Å². The molecule has 0 atom stereocenters. The molecule has 0 saturated heterocycles. The normalized spacial score (nSPS) is 13.1. The number of aromatic nitrogens is 1. The van der Waals surface area contributed by atoms with Crippen molar-refractivity contribution in [3.05, 3.63) is 23.9 Å². The molecule has 3 nitrogen and oxygen atoms in total. The van der Waals surface area contributed by atoms with Crippen molar-refractivity contribution in [1.29, 1.82) is 0 Å². The lowest BCUT2D eigenvalue weighted by Gasteiger charge is -2.34. The van der Waals surface area contributed by atoms with E-state index in [4.69, 9.17) is 0 Å². The van der Waals surface area contributed by atoms with Gasteiger partial charge in [0.2, 0.25) is 11.3 Å². The molecule has 21 heavy (non-hydrogen) atoms. The summed E-state index contributed by atoms with van der Waals surface area (Å²) < 4.78 is 77.4. The lowest BCUT2D eigenvalue weighted by Crippen LogP contribution is -2.57. The Kier molecular flexibility index (Phi) is 4.54. The van der Waals surface area contributed by atoms with E-state index in [2.05, 4.69) is 4.98 Å². The minimum atomic E-state index is -5.77. The van der Waals surface area contributed by atoms with Crippen molar-refractivity contribution >= 4 is 11.7 Å². The van der Waals surface area contributed by atoms with Crippen molar-refractivity contribution in [1.82, 2.24) is 4.98 Å². The second-order valence-electron chi connectivity index (χ2n) is 4.37. The van der Waals surface area contributed by atoms with Gasteiger partial charge in [-0.1, -0.05) is 13.0 Å². The van der Waals surface area contributed by atoms with Crippen LogP contribution in [0, 0.1) is 12.3 Å². The first-order chi connectivity index (χ1) is 9.45. The summed E-state index contributed by atoms with van der Waals surface area (Å²) >= 11 is 0. The first-order valence-corrected chi connectivity index (χ1v) is 5.84. The van der Waals surface area contributed by atoms with Crippen LogP contribution in [0.2, 0.25) is 0 Å². The van der Waals surface area contributed by atoms with Gasteiger partial charge in [-0.15, -0.1) is 0 Å². The molecular formula is C12H12F6N2O. The molecule has 1 aromatic heterocycles. The van der Waals surface area contributed by atoms with Crippen LogP contribution < -0.4 is 5.32 Å². The van der Waals surface area contributed by atoms with Crippen LogP contribution in [-0.2, 0) is 4.79 Å². The third-order valence-electron chi connectivity index (χ3n) is 3.02. The molecule has 1 amide bonds. The van der Waals surface area contributed by atoms with E-state index in [0.717, 1.165) is 6.07 Å². The third-order valence-corrected chi connectivity index (χ3v) is 3.02. The topological polar surface area (TPSA) is 42.0 Å². The maximum Gasteiger partial charge on any atom is 0.412 e. The van der Waals surface area contributed by atoms with E-state index in [1.54, 1.807) is 5.32 Å². The summed E-state index contributed by atoms with van der Waals surface area (Å²) in [5, 5.41) is 1.60. The van der Waals surface area contributed by atoms with E-state index < -0.39 is 30.1 Å². The van der Waals surface area contributed by atoms with E-state index in [-0.39, 0.29) is 5.82 Å².